The number of nitrogens with one attached hydrogen (secondary N) is 2. The highest BCUT2D eigenvalue weighted by Crippen LogP contribution is 2.44. The van der Waals surface area contributed by atoms with Crippen LogP contribution >= 0.6 is 0 Å². The van der Waals surface area contributed by atoms with E-state index in [0.717, 1.165) is 12.3 Å². The van der Waals surface area contributed by atoms with E-state index in [1.165, 1.54) is 38.4 Å². The fraction of sp³-hybridized carbons (Fsp3) is 0.688. The SMILES string of the molecule is O=C(CCc1nc(-c2ncn[nH]2)no1)N[C@@H]1C[C@@H]1C1CCCCC1. The molecule has 0 radical (unpaired) electrons. The van der Waals surface area contributed by atoms with Crippen molar-refractivity contribution in [3.63, 3.8) is 0 Å². The van der Waals surface area contributed by atoms with Gasteiger partial charge in [0.25, 0.3) is 0 Å². The number of aromatic amines is 1. The van der Waals surface area contributed by atoms with Crippen molar-refractivity contribution in [1.29, 1.82) is 0 Å². The molecule has 0 aliphatic heterocycles. The van der Waals surface area contributed by atoms with E-state index in [9.17, 15) is 4.79 Å². The number of carbonyl (C=O) groups is 1. The predicted octanol–water partition coefficient (Wildman–Crippen LogP) is 1.87. The summed E-state index contributed by atoms with van der Waals surface area (Å²) in [5.74, 6) is 2.86. The second-order valence-corrected chi connectivity index (χ2v) is 6.82. The Balaban J connectivity index is 1.21. The van der Waals surface area contributed by atoms with E-state index < -0.39 is 0 Å². The molecule has 4 rings (SSSR count). The Morgan fingerprint density at radius 1 is 1.33 bits per heavy atom. The number of hydrogen-bond donors (Lipinski definition) is 2. The van der Waals surface area contributed by atoms with Gasteiger partial charge in [0.15, 0.2) is 5.82 Å². The van der Waals surface area contributed by atoms with Crippen LogP contribution in [-0.4, -0.2) is 37.3 Å². The fourth-order valence-electron chi connectivity index (χ4n) is 3.73. The Hall–Kier alpha value is -2.25. The Morgan fingerprint density at radius 2 is 2.21 bits per heavy atom. The molecule has 0 bridgehead atoms. The normalized spacial score (nSPS) is 24.0. The standard InChI is InChI=1S/C16H22N6O2/c23-13(19-12-8-11(12)10-4-2-1-3-5-10)6-7-14-20-16(22-24-14)15-17-9-18-21-15/h9-12H,1-8H2,(H,19,23)(H,17,18,21)/t11-,12-/m1/s1. The minimum absolute atomic E-state index is 0.0673. The second-order valence-electron chi connectivity index (χ2n) is 6.82. The van der Waals surface area contributed by atoms with Gasteiger partial charge in [-0.15, -0.1) is 0 Å². The van der Waals surface area contributed by atoms with Crippen molar-refractivity contribution < 1.29 is 9.32 Å². The van der Waals surface area contributed by atoms with Crippen LogP contribution in [0, 0.1) is 11.8 Å². The first-order valence-electron chi connectivity index (χ1n) is 8.77. The molecule has 2 aliphatic carbocycles. The van der Waals surface area contributed by atoms with Gasteiger partial charge >= 0.3 is 0 Å². The van der Waals surface area contributed by atoms with Crippen molar-refractivity contribution in [2.24, 2.45) is 11.8 Å². The zero-order chi connectivity index (χ0) is 16.4. The number of hydrogen-bond acceptors (Lipinski definition) is 6. The minimum atomic E-state index is 0.0673. The van der Waals surface area contributed by atoms with Crippen molar-refractivity contribution in [2.45, 2.75) is 57.4 Å². The molecule has 0 aromatic carbocycles. The lowest BCUT2D eigenvalue weighted by molar-refractivity contribution is -0.121. The number of carbonyl (C=O) groups excluding carboxylic acids is 1. The number of rotatable bonds is 6. The van der Waals surface area contributed by atoms with E-state index in [0.29, 0.717) is 42.3 Å². The summed E-state index contributed by atoms with van der Waals surface area (Å²) in [5, 5.41) is 13.4. The van der Waals surface area contributed by atoms with Crippen LogP contribution in [0.3, 0.4) is 0 Å². The first-order valence-corrected chi connectivity index (χ1v) is 8.77. The van der Waals surface area contributed by atoms with E-state index in [1.54, 1.807) is 0 Å². The molecule has 2 saturated carbocycles. The van der Waals surface area contributed by atoms with Crippen LogP contribution in [0.25, 0.3) is 11.6 Å². The van der Waals surface area contributed by atoms with Crippen molar-refractivity contribution in [1.82, 2.24) is 30.6 Å². The molecule has 2 heterocycles. The molecule has 2 N–H and O–H groups in total. The van der Waals surface area contributed by atoms with Crippen LogP contribution < -0.4 is 5.32 Å². The summed E-state index contributed by atoms with van der Waals surface area (Å²) < 4.78 is 5.15. The number of aryl methyl sites for hydroxylation is 1. The number of amides is 1. The molecule has 0 saturated heterocycles. The molecule has 8 heteroatoms. The Morgan fingerprint density at radius 3 is 3.00 bits per heavy atom. The minimum Gasteiger partial charge on any atom is -0.353 e. The molecule has 1 amide bonds. The summed E-state index contributed by atoms with van der Waals surface area (Å²) in [7, 11) is 0. The quantitative estimate of drug-likeness (QED) is 0.837. The van der Waals surface area contributed by atoms with Gasteiger partial charge in [-0.3, -0.25) is 9.89 Å². The van der Waals surface area contributed by atoms with Crippen molar-refractivity contribution >= 4 is 5.91 Å². The molecule has 2 fully saturated rings. The van der Waals surface area contributed by atoms with Gasteiger partial charge in [0.2, 0.25) is 17.6 Å². The Kier molecular flexibility index (Phi) is 4.27. The van der Waals surface area contributed by atoms with E-state index in [2.05, 4.69) is 30.6 Å². The maximum Gasteiger partial charge on any atom is 0.239 e. The summed E-state index contributed by atoms with van der Waals surface area (Å²) in [6.07, 6.45) is 10.1. The maximum absolute atomic E-state index is 12.1. The van der Waals surface area contributed by atoms with Gasteiger partial charge in [0, 0.05) is 18.9 Å². The molecule has 2 aromatic heterocycles. The Bertz CT molecular complexity index is 677. The average Bonchev–Trinajstić information content (AvgIpc) is 3.03. The largest absolute Gasteiger partial charge is 0.353 e. The average molecular weight is 330 g/mol. The lowest BCUT2D eigenvalue weighted by atomic mass is 9.85. The van der Waals surface area contributed by atoms with Crippen molar-refractivity contribution in [3.05, 3.63) is 12.2 Å². The van der Waals surface area contributed by atoms with Crippen LogP contribution in [-0.2, 0) is 11.2 Å². The highest BCUT2D eigenvalue weighted by atomic mass is 16.5. The number of aromatic nitrogens is 5. The van der Waals surface area contributed by atoms with Gasteiger partial charge in [0.05, 0.1) is 0 Å². The molecule has 128 valence electrons. The molecule has 0 unspecified atom stereocenters. The topological polar surface area (TPSA) is 110 Å². The lowest BCUT2D eigenvalue weighted by Gasteiger charge is -2.21. The van der Waals surface area contributed by atoms with Crippen molar-refractivity contribution in [2.75, 3.05) is 0 Å². The van der Waals surface area contributed by atoms with Gasteiger partial charge in [0.1, 0.15) is 6.33 Å². The monoisotopic (exact) mass is 330 g/mol. The first-order chi connectivity index (χ1) is 11.8. The molecule has 2 atom stereocenters. The van der Waals surface area contributed by atoms with Gasteiger partial charge < -0.3 is 9.84 Å². The third kappa shape index (κ3) is 3.47. The summed E-state index contributed by atoms with van der Waals surface area (Å²) in [5.41, 5.74) is 0. The van der Waals surface area contributed by atoms with Crippen LogP contribution in [0.15, 0.2) is 10.9 Å². The summed E-state index contributed by atoms with van der Waals surface area (Å²) in [4.78, 5) is 20.3. The molecule has 0 spiro atoms. The number of nitrogens with zero attached hydrogens (tertiary/aromatic N) is 4. The van der Waals surface area contributed by atoms with Crippen LogP contribution in [0.2, 0.25) is 0 Å². The summed E-state index contributed by atoms with van der Waals surface area (Å²) >= 11 is 0. The highest BCUT2D eigenvalue weighted by Gasteiger charge is 2.43. The molecule has 2 aromatic rings. The summed E-state index contributed by atoms with van der Waals surface area (Å²) in [6.45, 7) is 0. The molecule has 8 nitrogen and oxygen atoms in total. The molecular weight excluding hydrogens is 308 g/mol. The first kappa shape index (κ1) is 15.3. The predicted molar refractivity (Wildman–Crippen MR) is 84.6 cm³/mol. The molecule has 24 heavy (non-hydrogen) atoms. The number of H-pyrrole nitrogens is 1. The third-order valence-corrected chi connectivity index (χ3v) is 5.10. The lowest BCUT2D eigenvalue weighted by Crippen LogP contribution is -2.28. The van der Waals surface area contributed by atoms with E-state index in [-0.39, 0.29) is 5.91 Å². The Labute approximate surface area is 139 Å². The van der Waals surface area contributed by atoms with E-state index in [4.69, 9.17) is 4.52 Å². The molecule has 2 aliphatic rings. The van der Waals surface area contributed by atoms with E-state index >= 15 is 0 Å². The van der Waals surface area contributed by atoms with Gasteiger partial charge in [-0.1, -0.05) is 37.3 Å². The fourth-order valence-corrected chi connectivity index (χ4v) is 3.73. The zero-order valence-corrected chi connectivity index (χ0v) is 13.6. The van der Waals surface area contributed by atoms with Gasteiger partial charge in [-0.2, -0.15) is 10.1 Å². The molecular formula is C16H22N6O2. The maximum atomic E-state index is 12.1. The van der Waals surface area contributed by atoms with E-state index in [1.807, 2.05) is 0 Å². The van der Waals surface area contributed by atoms with Gasteiger partial charge in [-0.05, 0) is 18.3 Å². The summed E-state index contributed by atoms with van der Waals surface area (Å²) in [6, 6.07) is 0.382. The second kappa shape index (κ2) is 6.70. The third-order valence-electron chi connectivity index (χ3n) is 5.10. The van der Waals surface area contributed by atoms with Crippen LogP contribution in [0.5, 0.6) is 0 Å². The smallest absolute Gasteiger partial charge is 0.239 e. The van der Waals surface area contributed by atoms with Crippen LogP contribution in [0.1, 0.15) is 50.8 Å². The van der Waals surface area contributed by atoms with Crippen molar-refractivity contribution in [3.8, 4) is 11.6 Å². The van der Waals surface area contributed by atoms with Crippen LogP contribution in [0.4, 0.5) is 0 Å². The highest BCUT2D eigenvalue weighted by molar-refractivity contribution is 5.76. The zero-order valence-electron chi connectivity index (χ0n) is 13.6. The van der Waals surface area contributed by atoms with Gasteiger partial charge in [-0.25, -0.2) is 4.98 Å².